The maximum absolute atomic E-state index is 5.60. The molecule has 4 aliphatic carbocycles. The minimum Gasteiger partial charge on any atom is -0.786 e. The van der Waals surface area contributed by atoms with E-state index in [2.05, 4.69) is 51.5 Å². The zero-order valence-corrected chi connectivity index (χ0v) is 32.6. The van der Waals surface area contributed by atoms with Gasteiger partial charge in [-0.3, -0.25) is 0 Å². The van der Waals surface area contributed by atoms with E-state index in [4.69, 9.17) is 34.7 Å². The Bertz CT molecular complexity index is 730. The molecule has 2 aliphatic heterocycles. The molecule has 20 radical (unpaired) electrons. The molecule has 4 saturated carbocycles. The molecular weight excluding hydrogens is 710 g/mol. The molecule has 0 unspecified atom stereocenters. The van der Waals surface area contributed by atoms with E-state index in [1.54, 1.807) is 0 Å². The molecule has 0 amide bonds. The van der Waals surface area contributed by atoms with Crippen LogP contribution in [0, 0.1) is 136 Å². The maximum Gasteiger partial charge on any atom is 2.00 e. The van der Waals surface area contributed by atoms with Crippen LogP contribution in [0.4, 0.5) is 0 Å². The number of hydrogen-bond acceptors (Lipinski definition) is 6. The van der Waals surface area contributed by atoms with Crippen LogP contribution in [-0.2, 0) is 88.3 Å². The van der Waals surface area contributed by atoms with Crippen LogP contribution in [0.1, 0.15) is 41.5 Å². The number of ether oxygens (including phenoxy) is 2. The van der Waals surface area contributed by atoms with E-state index in [1.165, 1.54) is 0 Å². The Morgan fingerprint density at radius 2 is 0.814 bits per heavy atom. The average molecular weight is 750 g/mol. The van der Waals surface area contributed by atoms with E-state index >= 15 is 0 Å². The monoisotopic (exact) mass is 748 g/mol. The molecule has 0 spiro atoms. The maximum atomic E-state index is 5.60. The molecule has 4 nitrogen and oxygen atoms in total. The van der Waals surface area contributed by atoms with Gasteiger partial charge in [-0.15, -0.1) is 10.5 Å². The third-order valence-corrected chi connectivity index (χ3v) is 7.14. The number of aliphatic imine (C=N–C) groups is 2. The first kappa shape index (κ1) is 44.3. The van der Waals surface area contributed by atoms with Crippen LogP contribution in [0.15, 0.2) is 9.98 Å². The Labute approximate surface area is 310 Å². The van der Waals surface area contributed by atoms with Crippen molar-refractivity contribution >= 4 is 37.1 Å². The van der Waals surface area contributed by atoms with Gasteiger partial charge in [0.2, 0.25) is 0 Å². The van der Waals surface area contributed by atoms with Crippen molar-refractivity contribution in [3.63, 3.8) is 0 Å². The van der Waals surface area contributed by atoms with Crippen LogP contribution in [0.5, 0.6) is 0 Å². The zero-order valence-electron chi connectivity index (χ0n) is 25.7. The van der Waals surface area contributed by atoms with Crippen molar-refractivity contribution in [1.82, 2.24) is 0 Å². The second kappa shape index (κ2) is 22.0. The SMILES string of the molecule is CC(C)(C)[C@H]1COC([C]2[CH][CH][CH][C]2[S-])=N1.CC(C)(C)[C@H]1COC([C]2[CH][CH][CH][C]2[S-])=N1.[CH]1[CH][CH][CH][CH]1.[CH]1[CH][CH][CH][CH]1.[Fe+2].[Fe+2].[Zn+2]. The van der Waals surface area contributed by atoms with Crippen LogP contribution in [-0.4, -0.2) is 37.1 Å². The fourth-order valence-corrected chi connectivity index (χ4v) is 4.20. The smallest absolute Gasteiger partial charge is 0.786 e. The van der Waals surface area contributed by atoms with Crippen LogP contribution in [0.25, 0.3) is 0 Å². The second-order valence-electron chi connectivity index (χ2n) is 11.8. The molecule has 9 heteroatoms. The third kappa shape index (κ3) is 15.4. The van der Waals surface area contributed by atoms with Gasteiger partial charge in [0.25, 0.3) is 0 Å². The van der Waals surface area contributed by atoms with Gasteiger partial charge in [-0.25, -0.2) is 9.98 Å². The number of hydrogen-bond donors (Lipinski definition) is 0. The van der Waals surface area contributed by atoms with E-state index in [1.807, 2.05) is 103 Å². The molecule has 6 aliphatic rings. The van der Waals surface area contributed by atoms with Gasteiger partial charge in [0.05, 0.1) is 12.1 Å². The van der Waals surface area contributed by atoms with Crippen molar-refractivity contribution in [2.75, 3.05) is 13.2 Å². The van der Waals surface area contributed by atoms with Crippen molar-refractivity contribution in [3.8, 4) is 0 Å². The summed E-state index contributed by atoms with van der Waals surface area (Å²) in [5.41, 5.74) is 0.298. The molecule has 6 rings (SSSR count). The minimum absolute atomic E-state index is 0. The summed E-state index contributed by atoms with van der Waals surface area (Å²) in [5, 5.41) is 1.65. The fourth-order valence-electron chi connectivity index (χ4n) is 3.73. The first-order valence-corrected chi connectivity index (χ1v) is 14.4. The van der Waals surface area contributed by atoms with Crippen LogP contribution in [0.2, 0.25) is 0 Å². The quantitative estimate of drug-likeness (QED) is 0.248. The first-order chi connectivity index (χ1) is 19.0. The largest absolute Gasteiger partial charge is 2.00 e. The number of nitrogens with zero attached hydrogens (tertiary/aromatic N) is 2. The molecule has 2 atom stereocenters. The predicted octanol–water partition coefficient (Wildman–Crippen LogP) is 6.25. The Kier molecular flexibility index (Phi) is 22.7. The van der Waals surface area contributed by atoms with Gasteiger partial charge in [0.15, 0.2) is 11.8 Å². The van der Waals surface area contributed by atoms with E-state index < -0.39 is 0 Å². The van der Waals surface area contributed by atoms with Gasteiger partial charge in [0.1, 0.15) is 13.2 Å². The van der Waals surface area contributed by atoms with Crippen molar-refractivity contribution in [3.05, 3.63) is 125 Å². The fraction of sp³-hybridized carbons (Fsp3) is 0.353. The van der Waals surface area contributed by atoms with E-state index in [-0.39, 0.29) is 76.5 Å². The van der Waals surface area contributed by atoms with Crippen molar-refractivity contribution < 1.29 is 63.1 Å². The van der Waals surface area contributed by atoms with Gasteiger partial charge in [-0.2, -0.15) is 0 Å². The molecule has 0 saturated heterocycles. The Hall–Kier alpha value is 1.30. The van der Waals surface area contributed by atoms with Crippen LogP contribution < -0.4 is 0 Å². The van der Waals surface area contributed by atoms with Gasteiger partial charge in [0, 0.05) is 11.8 Å². The number of rotatable bonds is 2. The van der Waals surface area contributed by atoms with E-state index in [0.717, 1.165) is 22.3 Å². The molecule has 43 heavy (non-hydrogen) atoms. The average Bonchev–Trinajstić information content (AvgIpc) is 3.73. The van der Waals surface area contributed by atoms with E-state index in [0.29, 0.717) is 25.0 Å². The summed E-state index contributed by atoms with van der Waals surface area (Å²) >= 11 is 10.4. The van der Waals surface area contributed by atoms with Gasteiger partial charge < -0.3 is 34.7 Å². The molecular formula is C34H40Fe2N2O2S2Zn+4. The molecule has 0 aromatic heterocycles. The van der Waals surface area contributed by atoms with E-state index in [9.17, 15) is 0 Å². The normalized spacial score (nSPS) is 26.0. The summed E-state index contributed by atoms with van der Waals surface area (Å²) in [6.45, 7) is 14.4. The van der Waals surface area contributed by atoms with Gasteiger partial charge in [-0.05, 0) is 101 Å². The Balaban J connectivity index is 0.000000591. The second-order valence-corrected chi connectivity index (χ2v) is 12.7. The van der Waals surface area contributed by atoms with Crippen LogP contribution >= 0.6 is 0 Å². The minimum atomic E-state index is 0. The van der Waals surface area contributed by atoms with Crippen molar-refractivity contribution in [1.29, 1.82) is 0 Å². The molecule has 4 fully saturated rings. The summed E-state index contributed by atoms with van der Waals surface area (Å²) in [6.07, 6.45) is 31.6. The molecule has 2 heterocycles. The topological polar surface area (TPSA) is 43.2 Å². The molecule has 0 N–H and O–H groups in total. The van der Waals surface area contributed by atoms with Crippen LogP contribution in [0.3, 0.4) is 0 Å². The predicted molar refractivity (Wildman–Crippen MR) is 170 cm³/mol. The van der Waals surface area contributed by atoms with Gasteiger partial charge in [-0.1, -0.05) is 54.4 Å². The first-order valence-electron chi connectivity index (χ1n) is 13.6. The summed E-state index contributed by atoms with van der Waals surface area (Å²) in [6, 6.07) is 0.466. The summed E-state index contributed by atoms with van der Waals surface area (Å²) in [5.74, 6) is 3.34. The van der Waals surface area contributed by atoms with Gasteiger partial charge >= 0.3 is 53.6 Å². The Morgan fingerprint density at radius 1 is 0.535 bits per heavy atom. The molecule has 0 bridgehead atoms. The molecule has 224 valence electrons. The van der Waals surface area contributed by atoms with Crippen molar-refractivity contribution in [2.45, 2.75) is 53.6 Å². The molecule has 0 aromatic rings. The zero-order chi connectivity index (χ0) is 29.2. The summed E-state index contributed by atoms with van der Waals surface area (Å²) in [4.78, 5) is 9.18. The van der Waals surface area contributed by atoms with Crippen molar-refractivity contribution in [2.24, 2.45) is 20.8 Å². The standard InChI is InChI=1S/2C12H15NOS.2C5H5.2Fe.Zn/c2*1-12(2,3)10-7-14-11(13-10)8-5-4-6-9(8)15;2*1-2-4-5-3-1;;;/h2*4-6,10H,7H2,1-3H3;2*1-5H;;;/q2*-1;;;3*+2/t2*10-;;;;;/m11...../s1. The molecule has 0 aromatic carbocycles. The third-order valence-electron chi connectivity index (χ3n) is 6.43. The summed E-state index contributed by atoms with van der Waals surface area (Å²) in [7, 11) is 0. The summed E-state index contributed by atoms with van der Waals surface area (Å²) < 4.78 is 11.2. The Morgan fingerprint density at radius 3 is 1.00 bits per heavy atom.